The van der Waals surface area contributed by atoms with Gasteiger partial charge in [-0.15, -0.1) is 11.6 Å². The Kier molecular flexibility index (Phi) is 5.05. The third kappa shape index (κ3) is 3.72. The Balaban J connectivity index is 2.51. The van der Waals surface area contributed by atoms with Crippen LogP contribution in [0.3, 0.4) is 0 Å². The molecule has 3 heteroatoms. The minimum atomic E-state index is 0.570. The zero-order valence-electron chi connectivity index (χ0n) is 8.06. The maximum absolute atomic E-state index is 5.51. The first-order chi connectivity index (χ1) is 6.74. The topological polar surface area (TPSA) is 12.0 Å². The molecule has 76 valence electrons. The van der Waals surface area contributed by atoms with Crippen molar-refractivity contribution in [2.45, 2.75) is 6.92 Å². The predicted octanol–water partition coefficient (Wildman–Crippen LogP) is 3.96. The smallest absolute Gasteiger partial charge is 0.0404 e. The molecule has 0 unspecified atom stereocenters. The summed E-state index contributed by atoms with van der Waals surface area (Å²) in [5.74, 6) is 0.570. The van der Waals surface area contributed by atoms with Gasteiger partial charge in [0.1, 0.15) is 0 Å². The molecule has 0 fully saturated rings. The molecular formula is C11H13BrClN. The number of hydrogen-bond acceptors (Lipinski definition) is 1. The fourth-order valence-corrected chi connectivity index (χ4v) is 1.45. The van der Waals surface area contributed by atoms with Crippen molar-refractivity contribution in [1.82, 2.24) is 0 Å². The van der Waals surface area contributed by atoms with Gasteiger partial charge in [-0.1, -0.05) is 28.1 Å². The highest BCUT2D eigenvalue weighted by atomic mass is 79.9. The summed E-state index contributed by atoms with van der Waals surface area (Å²) < 4.78 is 1.14. The number of halogens is 2. The second kappa shape index (κ2) is 6.10. The van der Waals surface area contributed by atoms with Crippen molar-refractivity contribution in [3.63, 3.8) is 0 Å². The van der Waals surface area contributed by atoms with Crippen LogP contribution in [0.2, 0.25) is 0 Å². The first kappa shape index (κ1) is 11.6. The third-order valence-electron chi connectivity index (χ3n) is 1.84. The first-order valence-corrected chi connectivity index (χ1v) is 5.78. The highest BCUT2D eigenvalue weighted by Crippen LogP contribution is 2.19. The monoisotopic (exact) mass is 273 g/mol. The molecule has 0 spiro atoms. The molecule has 0 atom stereocenters. The summed E-state index contributed by atoms with van der Waals surface area (Å²) in [4.78, 5) is 0. The Labute approximate surface area is 98.3 Å². The van der Waals surface area contributed by atoms with Crippen molar-refractivity contribution in [2.24, 2.45) is 0 Å². The lowest BCUT2D eigenvalue weighted by molar-refractivity contribution is 1.31. The Bertz CT molecular complexity index is 323. The van der Waals surface area contributed by atoms with E-state index in [2.05, 4.69) is 34.2 Å². The summed E-state index contributed by atoms with van der Waals surface area (Å²) in [5.41, 5.74) is 2.36. The molecule has 14 heavy (non-hydrogen) atoms. The fourth-order valence-electron chi connectivity index (χ4n) is 1.08. The summed E-state index contributed by atoms with van der Waals surface area (Å²) in [6.45, 7) is 2.89. The number of anilines is 1. The summed E-state index contributed by atoms with van der Waals surface area (Å²) >= 11 is 8.97. The lowest BCUT2D eigenvalue weighted by Crippen LogP contribution is -1.98. The van der Waals surface area contributed by atoms with E-state index in [1.54, 1.807) is 0 Å². The van der Waals surface area contributed by atoms with E-state index in [4.69, 9.17) is 11.6 Å². The number of aryl methyl sites for hydroxylation is 1. The van der Waals surface area contributed by atoms with Crippen molar-refractivity contribution in [1.29, 1.82) is 0 Å². The highest BCUT2D eigenvalue weighted by molar-refractivity contribution is 9.10. The molecule has 0 bridgehead atoms. The summed E-state index contributed by atoms with van der Waals surface area (Å²) in [6.07, 6.45) is 3.95. The number of allylic oxidation sites excluding steroid dienone is 1. The molecule has 0 aliphatic rings. The molecule has 0 aromatic heterocycles. The minimum absolute atomic E-state index is 0.570. The molecule has 1 N–H and O–H groups in total. The molecule has 1 aromatic rings. The van der Waals surface area contributed by atoms with Crippen LogP contribution in [0.1, 0.15) is 5.56 Å². The summed E-state index contributed by atoms with van der Waals surface area (Å²) in [5, 5.41) is 3.28. The lowest BCUT2D eigenvalue weighted by Gasteiger charge is -2.05. The minimum Gasteiger partial charge on any atom is -0.382 e. The Morgan fingerprint density at radius 3 is 2.86 bits per heavy atom. The number of nitrogens with one attached hydrogen (secondary N) is 1. The van der Waals surface area contributed by atoms with Gasteiger partial charge < -0.3 is 5.32 Å². The molecular weight excluding hydrogens is 261 g/mol. The van der Waals surface area contributed by atoms with Crippen molar-refractivity contribution in [3.8, 4) is 0 Å². The molecule has 0 radical (unpaired) electrons. The van der Waals surface area contributed by atoms with E-state index < -0.39 is 0 Å². The van der Waals surface area contributed by atoms with E-state index >= 15 is 0 Å². The SMILES string of the molecule is Cc1cc(NC/C=C/CCl)ccc1Br. The van der Waals surface area contributed by atoms with E-state index in [0.717, 1.165) is 16.7 Å². The quantitative estimate of drug-likeness (QED) is 0.647. The zero-order valence-corrected chi connectivity index (χ0v) is 10.4. The van der Waals surface area contributed by atoms with Gasteiger partial charge in [-0.3, -0.25) is 0 Å². The van der Waals surface area contributed by atoms with Crippen molar-refractivity contribution in [3.05, 3.63) is 40.4 Å². The first-order valence-electron chi connectivity index (χ1n) is 4.45. The van der Waals surface area contributed by atoms with Crippen molar-refractivity contribution < 1.29 is 0 Å². The van der Waals surface area contributed by atoms with Crippen LogP contribution in [0.25, 0.3) is 0 Å². The Hall–Kier alpha value is -0.470. The Morgan fingerprint density at radius 1 is 1.43 bits per heavy atom. The predicted molar refractivity (Wildman–Crippen MR) is 67.2 cm³/mol. The van der Waals surface area contributed by atoms with Crippen LogP contribution in [-0.2, 0) is 0 Å². The van der Waals surface area contributed by atoms with Gasteiger partial charge in [0.2, 0.25) is 0 Å². The van der Waals surface area contributed by atoms with Crippen LogP contribution in [0, 0.1) is 6.92 Å². The maximum atomic E-state index is 5.51. The average Bonchev–Trinajstić information content (AvgIpc) is 2.18. The maximum Gasteiger partial charge on any atom is 0.0404 e. The number of hydrogen-bond donors (Lipinski definition) is 1. The molecule has 1 nitrogen and oxygen atoms in total. The molecule has 0 amide bonds. The van der Waals surface area contributed by atoms with Gasteiger partial charge in [0, 0.05) is 22.6 Å². The van der Waals surface area contributed by atoms with Gasteiger partial charge in [0.05, 0.1) is 0 Å². The number of benzene rings is 1. The van der Waals surface area contributed by atoms with Crippen LogP contribution in [0.15, 0.2) is 34.8 Å². The third-order valence-corrected chi connectivity index (χ3v) is 2.91. The van der Waals surface area contributed by atoms with E-state index in [-0.39, 0.29) is 0 Å². The Morgan fingerprint density at radius 2 is 2.21 bits per heavy atom. The summed E-state index contributed by atoms with van der Waals surface area (Å²) in [6, 6.07) is 6.20. The molecule has 0 heterocycles. The van der Waals surface area contributed by atoms with E-state index in [9.17, 15) is 0 Å². The second-order valence-electron chi connectivity index (χ2n) is 2.97. The van der Waals surface area contributed by atoms with Crippen LogP contribution >= 0.6 is 27.5 Å². The van der Waals surface area contributed by atoms with Gasteiger partial charge in [-0.2, -0.15) is 0 Å². The fraction of sp³-hybridized carbons (Fsp3) is 0.273. The summed E-state index contributed by atoms with van der Waals surface area (Å²) in [7, 11) is 0. The zero-order chi connectivity index (χ0) is 10.4. The van der Waals surface area contributed by atoms with Gasteiger partial charge in [-0.05, 0) is 30.7 Å². The van der Waals surface area contributed by atoms with Gasteiger partial charge in [0.25, 0.3) is 0 Å². The number of rotatable bonds is 4. The van der Waals surface area contributed by atoms with Crippen molar-refractivity contribution >= 4 is 33.2 Å². The van der Waals surface area contributed by atoms with Gasteiger partial charge in [0.15, 0.2) is 0 Å². The van der Waals surface area contributed by atoms with Gasteiger partial charge >= 0.3 is 0 Å². The highest BCUT2D eigenvalue weighted by Gasteiger charge is 1.94. The average molecular weight is 275 g/mol. The number of alkyl halides is 1. The van der Waals surface area contributed by atoms with Crippen LogP contribution in [0.4, 0.5) is 5.69 Å². The molecule has 0 aliphatic heterocycles. The lowest BCUT2D eigenvalue weighted by atomic mass is 10.2. The molecule has 0 aliphatic carbocycles. The normalized spacial score (nSPS) is 10.8. The van der Waals surface area contributed by atoms with Crippen LogP contribution in [0.5, 0.6) is 0 Å². The molecule has 0 saturated carbocycles. The molecule has 1 aromatic carbocycles. The van der Waals surface area contributed by atoms with Crippen LogP contribution in [-0.4, -0.2) is 12.4 Å². The largest absolute Gasteiger partial charge is 0.382 e. The molecule has 1 rings (SSSR count). The van der Waals surface area contributed by atoms with Crippen LogP contribution < -0.4 is 5.32 Å². The van der Waals surface area contributed by atoms with Gasteiger partial charge in [-0.25, -0.2) is 0 Å². The second-order valence-corrected chi connectivity index (χ2v) is 4.13. The van der Waals surface area contributed by atoms with Crippen molar-refractivity contribution in [2.75, 3.05) is 17.7 Å². The molecule has 0 saturated heterocycles. The van der Waals surface area contributed by atoms with E-state index in [1.165, 1.54) is 5.56 Å². The standard InChI is InChI=1S/C11H13BrClN/c1-9-8-10(4-5-11(9)12)14-7-3-2-6-13/h2-5,8,14H,6-7H2,1H3/b3-2+. The van der Waals surface area contributed by atoms with E-state index in [1.807, 2.05) is 24.3 Å². The van der Waals surface area contributed by atoms with E-state index in [0.29, 0.717) is 5.88 Å².